The van der Waals surface area contributed by atoms with Crippen LogP contribution in [0.15, 0.2) is 18.2 Å². The van der Waals surface area contributed by atoms with Gasteiger partial charge in [0.2, 0.25) is 0 Å². The molecular formula is C17H20ClNO4. The van der Waals surface area contributed by atoms with Gasteiger partial charge < -0.3 is 14.7 Å². The Morgan fingerprint density at radius 2 is 2.17 bits per heavy atom. The van der Waals surface area contributed by atoms with Gasteiger partial charge in [-0.05, 0) is 43.9 Å². The molecule has 5 nitrogen and oxygen atoms in total. The molecule has 23 heavy (non-hydrogen) atoms. The van der Waals surface area contributed by atoms with Crippen LogP contribution in [-0.2, 0) is 4.79 Å². The molecule has 0 radical (unpaired) electrons. The highest BCUT2D eigenvalue weighted by atomic mass is 35.5. The number of fused-ring (bicyclic) bond motifs is 2. The number of halogens is 1. The number of rotatable bonds is 4. The van der Waals surface area contributed by atoms with E-state index >= 15 is 0 Å². The highest BCUT2D eigenvalue weighted by Crippen LogP contribution is 2.52. The molecule has 3 atom stereocenters. The van der Waals surface area contributed by atoms with Gasteiger partial charge in [0.25, 0.3) is 5.91 Å². The normalized spacial score (nSPS) is 28.9. The van der Waals surface area contributed by atoms with Crippen molar-refractivity contribution in [3.63, 3.8) is 0 Å². The van der Waals surface area contributed by atoms with E-state index in [1.54, 1.807) is 23.1 Å². The number of amides is 1. The fourth-order valence-electron chi connectivity index (χ4n) is 4.24. The van der Waals surface area contributed by atoms with E-state index in [1.807, 2.05) is 6.92 Å². The van der Waals surface area contributed by atoms with E-state index in [-0.39, 0.29) is 18.0 Å². The number of hydrogen-bond donors (Lipinski definition) is 1. The smallest absolute Gasteiger partial charge is 0.311 e. The molecule has 1 amide bonds. The average Bonchev–Trinajstić information content (AvgIpc) is 3.10. The number of carboxylic acid groups (broad SMARTS) is 1. The summed E-state index contributed by atoms with van der Waals surface area (Å²) in [6, 6.07) is 4.65. The fraction of sp³-hybridized carbons (Fsp3) is 0.529. The molecule has 0 unspecified atom stereocenters. The number of hydrogen-bond acceptors (Lipinski definition) is 3. The Bertz CT molecular complexity index is 662. The zero-order valence-corrected chi connectivity index (χ0v) is 14.0. The number of ether oxygens (including phenoxy) is 1. The molecule has 2 aliphatic rings. The zero-order chi connectivity index (χ0) is 16.8. The summed E-state index contributed by atoms with van der Waals surface area (Å²) < 4.78 is 5.28. The minimum atomic E-state index is -0.829. The minimum absolute atomic E-state index is 0.0211. The maximum Gasteiger partial charge on any atom is 0.311 e. The van der Waals surface area contributed by atoms with Gasteiger partial charge in [-0.1, -0.05) is 18.5 Å². The van der Waals surface area contributed by atoms with Gasteiger partial charge in [0.05, 0.1) is 18.1 Å². The van der Waals surface area contributed by atoms with Gasteiger partial charge in [-0.25, -0.2) is 0 Å². The predicted octanol–water partition coefficient (Wildman–Crippen LogP) is 3.21. The lowest BCUT2D eigenvalue weighted by molar-refractivity contribution is -0.151. The molecular weight excluding hydrogens is 318 g/mol. The highest BCUT2D eigenvalue weighted by molar-refractivity contribution is 6.31. The van der Waals surface area contributed by atoms with Crippen LogP contribution in [0.5, 0.6) is 5.75 Å². The summed E-state index contributed by atoms with van der Waals surface area (Å²) in [4.78, 5) is 26.7. The molecule has 0 saturated carbocycles. The average molecular weight is 338 g/mol. The Balaban J connectivity index is 1.99. The Hall–Kier alpha value is -1.75. The predicted molar refractivity (Wildman–Crippen MR) is 86.0 cm³/mol. The van der Waals surface area contributed by atoms with Crippen LogP contribution < -0.4 is 4.74 Å². The summed E-state index contributed by atoms with van der Waals surface area (Å²) in [5.74, 6) is -0.528. The SMILES string of the molecule is CC[C@@]1(C(=O)O)C[C@@H]2CC[C@H]1N2C(=O)c1cc(Cl)ccc1OC. The second-order valence-electron chi connectivity index (χ2n) is 6.32. The van der Waals surface area contributed by atoms with Gasteiger partial charge in [0, 0.05) is 17.1 Å². The van der Waals surface area contributed by atoms with Crippen LogP contribution in [0.1, 0.15) is 43.0 Å². The minimum Gasteiger partial charge on any atom is -0.496 e. The number of carbonyl (C=O) groups excluding carboxylic acids is 1. The van der Waals surface area contributed by atoms with E-state index in [4.69, 9.17) is 16.3 Å². The lowest BCUT2D eigenvalue weighted by Gasteiger charge is -2.32. The summed E-state index contributed by atoms with van der Waals surface area (Å²) in [6.45, 7) is 1.89. The number of benzene rings is 1. The molecule has 3 rings (SSSR count). The van der Waals surface area contributed by atoms with Crippen molar-refractivity contribution in [1.29, 1.82) is 0 Å². The van der Waals surface area contributed by atoms with Crippen molar-refractivity contribution < 1.29 is 19.4 Å². The molecule has 124 valence electrons. The van der Waals surface area contributed by atoms with Crippen molar-refractivity contribution in [1.82, 2.24) is 4.90 Å². The molecule has 1 N–H and O–H groups in total. The Morgan fingerprint density at radius 1 is 1.43 bits per heavy atom. The van der Waals surface area contributed by atoms with Crippen LogP contribution in [0.25, 0.3) is 0 Å². The van der Waals surface area contributed by atoms with Crippen LogP contribution in [0, 0.1) is 5.41 Å². The molecule has 2 aliphatic heterocycles. The van der Waals surface area contributed by atoms with Crippen molar-refractivity contribution in [3.8, 4) is 5.75 Å². The van der Waals surface area contributed by atoms with Gasteiger partial charge >= 0.3 is 5.97 Å². The Morgan fingerprint density at radius 3 is 2.74 bits per heavy atom. The molecule has 2 bridgehead atoms. The number of carboxylic acids is 1. The lowest BCUT2D eigenvalue weighted by atomic mass is 9.72. The topological polar surface area (TPSA) is 66.8 Å². The molecule has 2 saturated heterocycles. The van der Waals surface area contributed by atoms with Crippen molar-refractivity contribution in [3.05, 3.63) is 28.8 Å². The maximum absolute atomic E-state index is 13.1. The second-order valence-corrected chi connectivity index (χ2v) is 6.76. The molecule has 0 aromatic heterocycles. The first-order chi connectivity index (χ1) is 10.9. The summed E-state index contributed by atoms with van der Waals surface area (Å²) in [5.41, 5.74) is -0.432. The van der Waals surface area contributed by atoms with Crippen LogP contribution in [0.4, 0.5) is 0 Å². The largest absolute Gasteiger partial charge is 0.496 e. The number of carbonyl (C=O) groups is 2. The number of nitrogens with zero attached hydrogens (tertiary/aromatic N) is 1. The van der Waals surface area contributed by atoms with Crippen LogP contribution in [-0.4, -0.2) is 41.1 Å². The zero-order valence-electron chi connectivity index (χ0n) is 13.2. The van der Waals surface area contributed by atoms with E-state index < -0.39 is 11.4 Å². The molecule has 1 aromatic rings. The summed E-state index contributed by atoms with van der Waals surface area (Å²) >= 11 is 6.03. The Kier molecular flexibility index (Phi) is 4.00. The van der Waals surface area contributed by atoms with E-state index in [2.05, 4.69) is 0 Å². The summed E-state index contributed by atoms with van der Waals surface area (Å²) in [5, 5.41) is 10.2. The van der Waals surface area contributed by atoms with E-state index in [0.717, 1.165) is 12.8 Å². The monoisotopic (exact) mass is 337 g/mol. The molecule has 2 heterocycles. The lowest BCUT2D eigenvalue weighted by Crippen LogP contribution is -2.44. The molecule has 6 heteroatoms. The second kappa shape index (κ2) is 5.71. The van der Waals surface area contributed by atoms with Crippen molar-refractivity contribution in [2.45, 2.75) is 44.7 Å². The summed E-state index contributed by atoms with van der Waals surface area (Å²) in [7, 11) is 1.51. The van der Waals surface area contributed by atoms with Gasteiger partial charge in [-0.15, -0.1) is 0 Å². The summed E-state index contributed by atoms with van der Waals surface area (Å²) in [6.07, 6.45) is 2.64. The Labute approximate surface area is 140 Å². The third-order valence-electron chi connectivity index (χ3n) is 5.42. The molecule has 0 aliphatic carbocycles. The van der Waals surface area contributed by atoms with E-state index in [9.17, 15) is 14.7 Å². The van der Waals surface area contributed by atoms with E-state index in [0.29, 0.717) is 29.2 Å². The first-order valence-electron chi connectivity index (χ1n) is 7.84. The highest BCUT2D eigenvalue weighted by Gasteiger charge is 2.60. The third kappa shape index (κ3) is 2.29. The fourth-order valence-corrected chi connectivity index (χ4v) is 4.41. The molecule has 0 spiro atoms. The van der Waals surface area contributed by atoms with Crippen molar-refractivity contribution in [2.75, 3.05) is 7.11 Å². The standard InChI is InChI=1S/C17H20ClNO4/c1-3-17(16(21)22)9-11-5-7-14(17)19(11)15(20)12-8-10(18)4-6-13(12)23-2/h4,6,8,11,14H,3,5,7,9H2,1-2H3,(H,21,22)/t11-,14+,17+/m0/s1. The van der Waals surface area contributed by atoms with Gasteiger partial charge in [0.1, 0.15) is 5.75 Å². The van der Waals surface area contributed by atoms with Crippen LogP contribution >= 0.6 is 11.6 Å². The van der Waals surface area contributed by atoms with Crippen molar-refractivity contribution in [2.24, 2.45) is 5.41 Å². The first kappa shape index (κ1) is 16.1. The van der Waals surface area contributed by atoms with Crippen LogP contribution in [0.2, 0.25) is 5.02 Å². The van der Waals surface area contributed by atoms with Crippen LogP contribution in [0.3, 0.4) is 0 Å². The molecule has 1 aromatic carbocycles. The van der Waals surface area contributed by atoms with Gasteiger partial charge in [-0.3, -0.25) is 9.59 Å². The quantitative estimate of drug-likeness (QED) is 0.916. The van der Waals surface area contributed by atoms with E-state index in [1.165, 1.54) is 7.11 Å². The number of aliphatic carboxylic acids is 1. The van der Waals surface area contributed by atoms with Gasteiger partial charge in [0.15, 0.2) is 0 Å². The number of methoxy groups -OCH3 is 1. The third-order valence-corrected chi connectivity index (χ3v) is 5.66. The maximum atomic E-state index is 13.1. The first-order valence-corrected chi connectivity index (χ1v) is 8.22. The molecule has 2 fully saturated rings. The van der Waals surface area contributed by atoms with Gasteiger partial charge in [-0.2, -0.15) is 0 Å². The van der Waals surface area contributed by atoms with Crippen molar-refractivity contribution >= 4 is 23.5 Å².